The van der Waals surface area contributed by atoms with E-state index >= 15 is 4.39 Å². The van der Waals surface area contributed by atoms with Crippen molar-refractivity contribution in [1.29, 1.82) is 0 Å². The van der Waals surface area contributed by atoms with Gasteiger partial charge in [0.25, 0.3) is 17.7 Å². The first kappa shape index (κ1) is 32.9. The minimum Gasteiger partial charge on any atom is -0.480 e. The Labute approximate surface area is 269 Å². The third kappa shape index (κ3) is 6.85. The Bertz CT molecular complexity index is 1880. The number of carbonyl (C=O) groups is 3. The van der Waals surface area contributed by atoms with E-state index in [9.17, 15) is 27.2 Å². The zero-order valence-electron chi connectivity index (χ0n) is 25.2. The van der Waals surface area contributed by atoms with Crippen LogP contribution in [0, 0.1) is 11.6 Å². The average molecular weight is 674 g/mol. The fourth-order valence-corrected chi connectivity index (χ4v) is 5.89. The van der Waals surface area contributed by atoms with Crippen molar-refractivity contribution in [3.8, 4) is 22.6 Å². The summed E-state index contributed by atoms with van der Waals surface area (Å²) in [6.07, 6.45) is 3.07. The van der Waals surface area contributed by atoms with Crippen LogP contribution >= 0.6 is 11.6 Å². The van der Waals surface area contributed by atoms with E-state index in [-0.39, 0.29) is 34.9 Å². The normalized spacial score (nSPS) is 18.0. The molecule has 0 bridgehead atoms. The Kier molecular flexibility index (Phi) is 8.84. The van der Waals surface area contributed by atoms with Gasteiger partial charge in [0.2, 0.25) is 10.0 Å². The highest BCUT2D eigenvalue weighted by Crippen LogP contribution is 2.41. The molecule has 14 heteroatoms. The smallest absolute Gasteiger partial charge is 0.274 e. The van der Waals surface area contributed by atoms with Gasteiger partial charge >= 0.3 is 0 Å². The molecule has 46 heavy (non-hydrogen) atoms. The van der Waals surface area contributed by atoms with Gasteiger partial charge in [0, 0.05) is 23.3 Å². The highest BCUT2D eigenvalue weighted by atomic mass is 35.5. The molecule has 242 valence electrons. The van der Waals surface area contributed by atoms with Gasteiger partial charge in [0.05, 0.1) is 23.5 Å². The summed E-state index contributed by atoms with van der Waals surface area (Å²) in [5.74, 6) is -2.91. The first-order chi connectivity index (χ1) is 21.5. The molecule has 0 aromatic heterocycles. The fourth-order valence-electron chi connectivity index (χ4n) is 5.19. The molecule has 2 aliphatic heterocycles. The summed E-state index contributed by atoms with van der Waals surface area (Å²) in [5, 5.41) is 0.430. The lowest BCUT2D eigenvalue weighted by Crippen LogP contribution is -2.56. The zero-order valence-corrected chi connectivity index (χ0v) is 26.8. The molecule has 2 heterocycles. The molecule has 2 aliphatic rings. The predicted octanol–water partition coefficient (Wildman–Crippen LogP) is 5.06. The third-order valence-corrected chi connectivity index (χ3v) is 8.24. The molecule has 3 aromatic carbocycles. The summed E-state index contributed by atoms with van der Waals surface area (Å²) in [6.45, 7) is 4.82. The van der Waals surface area contributed by atoms with E-state index < -0.39 is 51.2 Å². The largest absolute Gasteiger partial charge is 0.480 e. The quantitative estimate of drug-likeness (QED) is 0.372. The number of ether oxygens (including phenoxy) is 2. The lowest BCUT2D eigenvalue weighted by molar-refractivity contribution is -0.133. The second kappa shape index (κ2) is 12.4. The van der Waals surface area contributed by atoms with Gasteiger partial charge in [-0.15, -0.1) is 0 Å². The number of sulfonamides is 1. The van der Waals surface area contributed by atoms with Gasteiger partial charge < -0.3 is 14.4 Å². The highest BCUT2D eigenvalue weighted by Gasteiger charge is 2.44. The van der Waals surface area contributed by atoms with E-state index in [1.165, 1.54) is 36.2 Å². The molecule has 0 radical (unpaired) electrons. The van der Waals surface area contributed by atoms with Crippen LogP contribution < -0.4 is 19.1 Å². The minimum atomic E-state index is -3.84. The van der Waals surface area contributed by atoms with Crippen LogP contribution in [0.15, 0.2) is 66.9 Å². The monoisotopic (exact) mass is 673 g/mol. The number of benzene rings is 3. The van der Waals surface area contributed by atoms with E-state index in [4.69, 9.17) is 21.1 Å². The van der Waals surface area contributed by atoms with Gasteiger partial charge in [-0.05, 0) is 87.4 Å². The molecule has 0 saturated heterocycles. The maximum absolute atomic E-state index is 15.4. The van der Waals surface area contributed by atoms with Gasteiger partial charge in [-0.25, -0.2) is 17.2 Å². The van der Waals surface area contributed by atoms with Crippen LogP contribution in [0.1, 0.15) is 37.6 Å². The second-order valence-corrected chi connectivity index (χ2v) is 13.6. The minimum absolute atomic E-state index is 0.00951. The van der Waals surface area contributed by atoms with Crippen molar-refractivity contribution in [2.24, 2.45) is 0 Å². The summed E-state index contributed by atoms with van der Waals surface area (Å²) in [4.78, 5) is 41.8. The molecule has 0 saturated carbocycles. The van der Waals surface area contributed by atoms with Gasteiger partial charge in [0.1, 0.15) is 23.1 Å². The van der Waals surface area contributed by atoms with Crippen LogP contribution in [0.5, 0.6) is 11.5 Å². The van der Waals surface area contributed by atoms with E-state index in [0.29, 0.717) is 22.9 Å². The molecule has 3 amide bonds. The fraction of sp³-hybridized carbons (Fsp3) is 0.281. The van der Waals surface area contributed by atoms with Crippen molar-refractivity contribution in [2.45, 2.75) is 44.9 Å². The van der Waals surface area contributed by atoms with E-state index in [0.717, 1.165) is 24.5 Å². The summed E-state index contributed by atoms with van der Waals surface area (Å²) in [7, 11) is -3.84. The number of amides is 3. The second-order valence-electron chi connectivity index (χ2n) is 11.4. The van der Waals surface area contributed by atoms with Crippen LogP contribution in [0.3, 0.4) is 0 Å². The number of carbonyl (C=O) groups excluding carboxylic acids is 3. The van der Waals surface area contributed by atoms with Crippen molar-refractivity contribution in [1.82, 2.24) is 9.62 Å². The van der Waals surface area contributed by atoms with Crippen molar-refractivity contribution >= 4 is 45.0 Å². The van der Waals surface area contributed by atoms with Crippen LogP contribution in [0.25, 0.3) is 11.1 Å². The number of halogens is 3. The van der Waals surface area contributed by atoms with Crippen molar-refractivity contribution in [2.75, 3.05) is 17.7 Å². The Hall–Kier alpha value is -4.49. The van der Waals surface area contributed by atoms with E-state index in [1.54, 1.807) is 47.7 Å². The van der Waals surface area contributed by atoms with Gasteiger partial charge in [-0.3, -0.25) is 24.0 Å². The summed E-state index contributed by atoms with van der Waals surface area (Å²) in [6, 6.07) is 11.7. The van der Waals surface area contributed by atoms with Crippen LogP contribution in [-0.4, -0.2) is 61.6 Å². The lowest BCUT2D eigenvalue weighted by Gasteiger charge is -2.43. The molecular formula is C32H30ClF2N3O7S. The Morgan fingerprint density at radius 1 is 1.11 bits per heavy atom. The van der Waals surface area contributed by atoms with Crippen molar-refractivity contribution in [3.63, 3.8) is 0 Å². The van der Waals surface area contributed by atoms with Crippen LogP contribution in [0.4, 0.5) is 14.5 Å². The number of rotatable bonds is 7. The molecule has 0 spiro atoms. The van der Waals surface area contributed by atoms with Gasteiger partial charge in [-0.1, -0.05) is 17.7 Å². The first-order valence-corrected chi connectivity index (χ1v) is 16.4. The van der Waals surface area contributed by atoms with E-state index in [1.807, 2.05) is 0 Å². The maximum Gasteiger partial charge on any atom is 0.274 e. The Morgan fingerprint density at radius 2 is 1.85 bits per heavy atom. The summed E-state index contributed by atoms with van der Waals surface area (Å²) >= 11 is 6.21. The molecule has 3 aromatic rings. The standard InChI is InChI=1S/C32H30ClF2N3O7S/c1-18(29(39)36-46(4,42)43)44-27-10-7-21(34)17-24(27)19-5-8-23(25(35)15-19)30(40)37-13-11-22(12-14-37)38-26-16-20(33)6-9-28(26)45-32(2,3)31(38)41/h5-11,13,15-18,22H,12,14H2,1-4H3,(H,36,39)/t18-,22?/m1/s1. The number of anilines is 1. The molecule has 2 atom stereocenters. The molecule has 0 aliphatic carbocycles. The van der Waals surface area contributed by atoms with E-state index in [2.05, 4.69) is 0 Å². The average Bonchev–Trinajstić information content (AvgIpc) is 2.98. The highest BCUT2D eigenvalue weighted by molar-refractivity contribution is 7.89. The first-order valence-electron chi connectivity index (χ1n) is 14.1. The van der Waals surface area contributed by atoms with Crippen LogP contribution in [0.2, 0.25) is 5.02 Å². The zero-order chi connectivity index (χ0) is 33.6. The molecule has 0 fully saturated rings. The lowest BCUT2D eigenvalue weighted by atomic mass is 9.98. The third-order valence-electron chi connectivity index (χ3n) is 7.44. The number of nitrogens with one attached hydrogen (secondary N) is 1. The molecule has 1 unspecified atom stereocenters. The number of nitrogens with zero attached hydrogens (tertiary/aromatic N) is 2. The molecular weight excluding hydrogens is 644 g/mol. The van der Waals surface area contributed by atoms with Crippen LogP contribution in [-0.2, 0) is 19.6 Å². The SMILES string of the molecule is C[C@@H](Oc1ccc(F)cc1-c1ccc(C(=O)N2C=CC(N3C(=O)C(C)(C)Oc4ccc(Cl)cc43)CC2)c(F)c1)C(=O)NS(C)(=O)=O. The number of fused-ring (bicyclic) bond motifs is 1. The number of hydrogen-bond donors (Lipinski definition) is 1. The summed E-state index contributed by atoms with van der Waals surface area (Å²) in [5.41, 5.74) is -0.624. The summed E-state index contributed by atoms with van der Waals surface area (Å²) < 4.78 is 65.8. The van der Waals surface area contributed by atoms with Gasteiger partial charge in [0.15, 0.2) is 11.7 Å². The molecule has 10 nitrogen and oxygen atoms in total. The Balaban J connectivity index is 1.35. The number of hydrogen-bond acceptors (Lipinski definition) is 7. The maximum atomic E-state index is 15.4. The van der Waals surface area contributed by atoms with Gasteiger partial charge in [-0.2, -0.15) is 0 Å². The predicted molar refractivity (Wildman–Crippen MR) is 167 cm³/mol. The van der Waals surface area contributed by atoms with Crippen molar-refractivity contribution in [3.05, 3.63) is 89.1 Å². The Morgan fingerprint density at radius 3 is 2.50 bits per heavy atom. The topological polar surface area (TPSA) is 122 Å². The molecule has 1 N–H and O–H groups in total. The van der Waals surface area contributed by atoms with Crippen molar-refractivity contribution < 1.29 is 41.1 Å². The molecule has 5 rings (SSSR count).